The number of hydrogen-bond acceptors (Lipinski definition) is 4. The Kier molecular flexibility index (Phi) is 4.90. The molecule has 0 aliphatic rings. The van der Waals surface area contributed by atoms with Crippen LogP contribution in [0.15, 0.2) is 18.2 Å². The molecule has 1 rings (SSSR count). The van der Waals surface area contributed by atoms with Crippen molar-refractivity contribution in [2.75, 3.05) is 6.61 Å². The molecule has 0 atom stereocenters. The van der Waals surface area contributed by atoms with E-state index in [0.29, 0.717) is 23.6 Å². The molecule has 0 aliphatic heterocycles. The van der Waals surface area contributed by atoms with Crippen molar-refractivity contribution in [3.63, 3.8) is 0 Å². The van der Waals surface area contributed by atoms with Crippen molar-refractivity contribution in [2.24, 2.45) is 0 Å². The molecule has 0 fully saturated rings. The highest BCUT2D eigenvalue weighted by molar-refractivity contribution is 6.31. The van der Waals surface area contributed by atoms with Gasteiger partial charge in [-0.1, -0.05) is 17.7 Å². The number of nitro groups is 1. The quantitative estimate of drug-likeness (QED) is 0.462. The van der Waals surface area contributed by atoms with Gasteiger partial charge in [-0.25, -0.2) is 0 Å². The Morgan fingerprint density at radius 1 is 1.53 bits per heavy atom. The van der Waals surface area contributed by atoms with Crippen LogP contribution in [0, 0.1) is 10.1 Å². The smallest absolute Gasteiger partial charge is 0.306 e. The van der Waals surface area contributed by atoms with Gasteiger partial charge in [0, 0.05) is 18.6 Å². The lowest BCUT2D eigenvalue weighted by molar-refractivity contribution is -0.384. The minimum absolute atomic E-state index is 0.0603. The van der Waals surface area contributed by atoms with E-state index in [1.807, 2.05) is 0 Å². The van der Waals surface area contributed by atoms with Gasteiger partial charge in [0.15, 0.2) is 0 Å². The molecule has 0 spiro atoms. The topological polar surface area (TPSA) is 69.4 Å². The maximum atomic E-state index is 11.1. The third-order valence-electron chi connectivity index (χ3n) is 2.15. The number of rotatable bonds is 5. The van der Waals surface area contributed by atoms with Crippen LogP contribution in [0.3, 0.4) is 0 Å². The average Bonchev–Trinajstić information content (AvgIpc) is 2.27. The fourth-order valence-corrected chi connectivity index (χ4v) is 1.59. The predicted molar refractivity (Wildman–Crippen MR) is 63.1 cm³/mol. The number of nitrogens with zero attached hydrogens (tertiary/aromatic N) is 1. The van der Waals surface area contributed by atoms with Gasteiger partial charge in [0.1, 0.15) is 0 Å². The van der Waals surface area contributed by atoms with Gasteiger partial charge in [0.05, 0.1) is 16.6 Å². The maximum Gasteiger partial charge on any atom is 0.306 e. The summed E-state index contributed by atoms with van der Waals surface area (Å²) in [5.41, 5.74) is 0.639. The largest absolute Gasteiger partial charge is 0.466 e. The van der Waals surface area contributed by atoms with E-state index in [0.717, 1.165) is 0 Å². The van der Waals surface area contributed by atoms with Crippen LogP contribution in [-0.2, 0) is 16.0 Å². The summed E-state index contributed by atoms with van der Waals surface area (Å²) in [6.45, 7) is 2.07. The first-order valence-electron chi connectivity index (χ1n) is 5.13. The number of halogens is 1. The summed E-state index contributed by atoms with van der Waals surface area (Å²) in [6.07, 6.45) is 0.626. The van der Waals surface area contributed by atoms with Crippen molar-refractivity contribution in [2.45, 2.75) is 19.8 Å². The van der Waals surface area contributed by atoms with E-state index in [4.69, 9.17) is 16.3 Å². The molecule has 0 N–H and O–H groups in total. The Labute approximate surface area is 103 Å². The van der Waals surface area contributed by atoms with Gasteiger partial charge in [0.25, 0.3) is 5.69 Å². The van der Waals surface area contributed by atoms with E-state index in [-0.39, 0.29) is 18.1 Å². The van der Waals surface area contributed by atoms with Crippen molar-refractivity contribution in [1.29, 1.82) is 0 Å². The lowest BCUT2D eigenvalue weighted by atomic mass is 10.1. The first-order chi connectivity index (χ1) is 8.04. The third-order valence-corrected chi connectivity index (χ3v) is 2.50. The molecule has 0 saturated carbocycles. The molecule has 0 saturated heterocycles. The van der Waals surface area contributed by atoms with Crippen molar-refractivity contribution >= 4 is 23.3 Å². The van der Waals surface area contributed by atoms with Gasteiger partial charge >= 0.3 is 5.97 Å². The van der Waals surface area contributed by atoms with Crippen LogP contribution in [0.25, 0.3) is 0 Å². The van der Waals surface area contributed by atoms with Gasteiger partial charge in [0.2, 0.25) is 0 Å². The molecule has 5 nitrogen and oxygen atoms in total. The number of ether oxygens (including phenoxy) is 1. The highest BCUT2D eigenvalue weighted by Gasteiger charge is 2.10. The van der Waals surface area contributed by atoms with Crippen LogP contribution >= 0.6 is 11.6 Å². The fourth-order valence-electron chi connectivity index (χ4n) is 1.32. The molecule has 0 aromatic heterocycles. The first kappa shape index (κ1) is 13.4. The normalized spacial score (nSPS) is 10.0. The number of esters is 1. The molecule has 0 heterocycles. The second-order valence-corrected chi connectivity index (χ2v) is 3.75. The Morgan fingerprint density at radius 2 is 2.24 bits per heavy atom. The molecule has 17 heavy (non-hydrogen) atoms. The van der Waals surface area contributed by atoms with Gasteiger partial charge in [-0.05, 0) is 18.9 Å². The summed E-state index contributed by atoms with van der Waals surface area (Å²) < 4.78 is 4.78. The summed E-state index contributed by atoms with van der Waals surface area (Å²) in [7, 11) is 0. The molecule has 0 radical (unpaired) electrons. The zero-order valence-corrected chi connectivity index (χ0v) is 10.1. The molecule has 92 valence electrons. The zero-order chi connectivity index (χ0) is 12.8. The summed E-state index contributed by atoms with van der Waals surface area (Å²) in [5, 5.41) is 10.8. The Morgan fingerprint density at radius 3 is 2.76 bits per heavy atom. The Hall–Kier alpha value is -1.62. The molecule has 0 amide bonds. The molecule has 0 aliphatic carbocycles. The van der Waals surface area contributed by atoms with Gasteiger partial charge in [-0.3, -0.25) is 14.9 Å². The molecule has 0 unspecified atom stereocenters. The van der Waals surface area contributed by atoms with Crippen molar-refractivity contribution in [3.8, 4) is 0 Å². The van der Waals surface area contributed by atoms with Crippen LogP contribution in [0.5, 0.6) is 0 Å². The highest BCUT2D eigenvalue weighted by atomic mass is 35.5. The van der Waals surface area contributed by atoms with Crippen LogP contribution in [0.1, 0.15) is 18.9 Å². The van der Waals surface area contributed by atoms with Gasteiger partial charge < -0.3 is 4.74 Å². The third kappa shape index (κ3) is 4.03. The Bertz CT molecular complexity index is 433. The van der Waals surface area contributed by atoms with E-state index < -0.39 is 4.92 Å². The summed E-state index contributed by atoms with van der Waals surface area (Å²) in [5.74, 6) is -0.304. The number of benzene rings is 1. The van der Waals surface area contributed by atoms with Crippen LogP contribution in [0.4, 0.5) is 5.69 Å². The molecule has 1 aromatic rings. The number of carbonyl (C=O) groups is 1. The fraction of sp³-hybridized carbons (Fsp3) is 0.364. The van der Waals surface area contributed by atoms with E-state index in [2.05, 4.69) is 0 Å². The number of non-ortho nitro benzene ring substituents is 1. The predicted octanol–water partition coefficient (Wildman–Crippen LogP) is 2.74. The van der Waals surface area contributed by atoms with Crippen LogP contribution in [0.2, 0.25) is 5.02 Å². The van der Waals surface area contributed by atoms with Crippen molar-refractivity contribution in [3.05, 3.63) is 38.9 Å². The Balaban J connectivity index is 2.66. The summed E-state index contributed by atoms with van der Waals surface area (Å²) >= 11 is 5.88. The van der Waals surface area contributed by atoms with Crippen molar-refractivity contribution in [1.82, 2.24) is 0 Å². The van der Waals surface area contributed by atoms with Gasteiger partial charge in [-0.15, -0.1) is 0 Å². The highest BCUT2D eigenvalue weighted by Crippen LogP contribution is 2.23. The SMILES string of the molecule is CCOC(=O)CCc1ccc([N+](=O)[O-])cc1Cl. The van der Waals surface area contributed by atoms with E-state index in [1.165, 1.54) is 12.1 Å². The molecule has 6 heteroatoms. The summed E-state index contributed by atoms with van der Waals surface area (Å²) in [6, 6.07) is 4.20. The van der Waals surface area contributed by atoms with E-state index >= 15 is 0 Å². The molecule has 1 aromatic carbocycles. The number of carbonyl (C=O) groups excluding carboxylic acids is 1. The van der Waals surface area contributed by atoms with Crippen LogP contribution < -0.4 is 0 Å². The molecule has 0 bridgehead atoms. The minimum atomic E-state index is -0.513. The zero-order valence-electron chi connectivity index (χ0n) is 9.31. The molecular weight excluding hydrogens is 246 g/mol. The number of nitro benzene ring substituents is 1. The second kappa shape index (κ2) is 6.20. The maximum absolute atomic E-state index is 11.1. The van der Waals surface area contributed by atoms with E-state index in [1.54, 1.807) is 13.0 Å². The van der Waals surface area contributed by atoms with Crippen LogP contribution in [-0.4, -0.2) is 17.5 Å². The van der Waals surface area contributed by atoms with Gasteiger partial charge in [-0.2, -0.15) is 0 Å². The lowest BCUT2D eigenvalue weighted by Crippen LogP contribution is -2.05. The monoisotopic (exact) mass is 257 g/mol. The average molecular weight is 258 g/mol. The van der Waals surface area contributed by atoms with Crippen molar-refractivity contribution < 1.29 is 14.5 Å². The number of aryl methyl sites for hydroxylation is 1. The lowest BCUT2D eigenvalue weighted by Gasteiger charge is -2.04. The first-order valence-corrected chi connectivity index (χ1v) is 5.50. The molecular formula is C11H12ClNO4. The number of hydrogen-bond donors (Lipinski definition) is 0. The minimum Gasteiger partial charge on any atom is -0.466 e. The standard InChI is InChI=1S/C11H12ClNO4/c1-2-17-11(14)6-4-8-3-5-9(13(15)16)7-10(8)12/h3,5,7H,2,4,6H2,1H3. The second-order valence-electron chi connectivity index (χ2n) is 3.34. The van der Waals surface area contributed by atoms with E-state index in [9.17, 15) is 14.9 Å². The summed E-state index contributed by atoms with van der Waals surface area (Å²) in [4.78, 5) is 21.1.